The van der Waals surface area contributed by atoms with Crippen molar-refractivity contribution < 1.29 is 2.74 Å². The van der Waals surface area contributed by atoms with Crippen LogP contribution in [-0.4, -0.2) is 5.75 Å². The van der Waals surface area contributed by atoms with Crippen LogP contribution in [0, 0.1) is 0 Å². The highest BCUT2D eigenvalue weighted by Gasteiger charge is 1.91. The summed E-state index contributed by atoms with van der Waals surface area (Å²) in [5, 5.41) is 0. The number of hydrogen-bond donors (Lipinski definition) is 1. The van der Waals surface area contributed by atoms with Gasteiger partial charge in [0.2, 0.25) is 0 Å². The van der Waals surface area contributed by atoms with Gasteiger partial charge in [0.15, 0.2) is 0 Å². The molecule has 0 spiro atoms. The van der Waals surface area contributed by atoms with Gasteiger partial charge in [0.05, 0.1) is 0 Å². The van der Waals surface area contributed by atoms with E-state index in [0.29, 0.717) is 5.56 Å². The van der Waals surface area contributed by atoms with Gasteiger partial charge in [-0.2, -0.15) is 0 Å². The molecule has 1 aromatic rings. The molecule has 0 fully saturated rings. The SMILES string of the molecule is [2H]C([2H])(N)c1ccc(SCC)cc1. The quantitative estimate of drug-likeness (QED) is 0.702. The zero-order chi connectivity index (χ0) is 9.90. The van der Waals surface area contributed by atoms with E-state index in [9.17, 15) is 0 Å². The number of nitrogens with two attached hydrogens (primary N) is 1. The first-order valence-electron chi connectivity index (χ1n) is 4.56. The van der Waals surface area contributed by atoms with Crippen molar-refractivity contribution in [3.8, 4) is 0 Å². The number of thioether (sulfide) groups is 1. The Morgan fingerprint density at radius 1 is 1.45 bits per heavy atom. The molecular formula is C9H13NS. The number of hydrogen-bond acceptors (Lipinski definition) is 2. The van der Waals surface area contributed by atoms with Gasteiger partial charge in [-0.1, -0.05) is 19.1 Å². The fourth-order valence-electron chi connectivity index (χ4n) is 0.814. The van der Waals surface area contributed by atoms with E-state index in [4.69, 9.17) is 8.48 Å². The molecule has 0 saturated carbocycles. The van der Waals surface area contributed by atoms with E-state index in [-0.39, 0.29) is 0 Å². The lowest BCUT2D eigenvalue weighted by Gasteiger charge is -1.99. The van der Waals surface area contributed by atoms with Crippen molar-refractivity contribution in [3.63, 3.8) is 0 Å². The molecule has 0 aliphatic heterocycles. The number of benzene rings is 1. The molecule has 0 aliphatic rings. The van der Waals surface area contributed by atoms with Gasteiger partial charge >= 0.3 is 0 Å². The van der Waals surface area contributed by atoms with Gasteiger partial charge in [-0.15, -0.1) is 11.8 Å². The smallest absolute Gasteiger partial charge is 0.0477 e. The predicted molar refractivity (Wildman–Crippen MR) is 50.7 cm³/mol. The number of rotatable bonds is 3. The van der Waals surface area contributed by atoms with E-state index >= 15 is 0 Å². The minimum absolute atomic E-state index is 0.521. The third-order valence-corrected chi connectivity index (χ3v) is 2.23. The van der Waals surface area contributed by atoms with Crippen LogP contribution in [0.3, 0.4) is 0 Å². The van der Waals surface area contributed by atoms with E-state index in [1.807, 2.05) is 12.1 Å². The van der Waals surface area contributed by atoms with Gasteiger partial charge in [0.1, 0.15) is 0 Å². The normalized spacial score (nSPS) is 14.0. The molecule has 0 saturated heterocycles. The molecular weight excluding hydrogens is 154 g/mol. The molecule has 0 radical (unpaired) electrons. The molecule has 1 rings (SSSR count). The highest BCUT2D eigenvalue weighted by atomic mass is 32.2. The average molecular weight is 169 g/mol. The molecule has 0 atom stereocenters. The molecule has 0 amide bonds. The maximum Gasteiger partial charge on any atom is 0.0477 e. The summed E-state index contributed by atoms with van der Waals surface area (Å²) in [6.45, 7) is 0.357. The molecule has 2 N–H and O–H groups in total. The molecule has 0 heterocycles. The highest BCUT2D eigenvalue weighted by Crippen LogP contribution is 2.17. The van der Waals surface area contributed by atoms with Crippen LogP contribution >= 0.6 is 11.8 Å². The second kappa shape index (κ2) is 4.42. The van der Waals surface area contributed by atoms with Crippen LogP contribution in [0.5, 0.6) is 0 Å². The maximum atomic E-state index is 7.28. The lowest BCUT2D eigenvalue weighted by Crippen LogP contribution is -1.94. The molecule has 60 valence electrons. The molecule has 1 nitrogen and oxygen atoms in total. The zero-order valence-corrected chi connectivity index (χ0v) is 7.32. The fourth-order valence-corrected chi connectivity index (χ4v) is 1.48. The van der Waals surface area contributed by atoms with Gasteiger partial charge in [0.25, 0.3) is 0 Å². The van der Waals surface area contributed by atoms with E-state index in [1.165, 1.54) is 0 Å². The summed E-state index contributed by atoms with van der Waals surface area (Å²) in [6.07, 6.45) is 0. The first kappa shape index (κ1) is 6.09. The Morgan fingerprint density at radius 3 is 2.55 bits per heavy atom. The predicted octanol–water partition coefficient (Wildman–Crippen LogP) is 2.26. The Labute approximate surface area is 74.8 Å². The summed E-state index contributed by atoms with van der Waals surface area (Å²) < 4.78 is 14.6. The summed E-state index contributed by atoms with van der Waals surface area (Å²) in [5.41, 5.74) is 5.83. The van der Waals surface area contributed by atoms with Crippen LogP contribution in [0.4, 0.5) is 0 Å². The van der Waals surface area contributed by atoms with Crippen molar-refractivity contribution in [3.05, 3.63) is 29.8 Å². The van der Waals surface area contributed by atoms with Gasteiger partial charge in [0, 0.05) is 14.1 Å². The lowest BCUT2D eigenvalue weighted by atomic mass is 10.2. The maximum absolute atomic E-state index is 7.28. The van der Waals surface area contributed by atoms with Crippen LogP contribution in [0.15, 0.2) is 29.2 Å². The summed E-state index contributed by atoms with van der Waals surface area (Å²) in [7, 11) is 0. The van der Waals surface area contributed by atoms with E-state index in [1.54, 1.807) is 23.9 Å². The summed E-state index contributed by atoms with van der Waals surface area (Å²) in [5.74, 6) is 1.02. The van der Waals surface area contributed by atoms with Gasteiger partial charge < -0.3 is 5.73 Å². The highest BCUT2D eigenvalue weighted by molar-refractivity contribution is 7.99. The third kappa shape index (κ3) is 2.56. The molecule has 0 aromatic heterocycles. The average Bonchev–Trinajstić information content (AvgIpc) is 2.04. The van der Waals surface area contributed by atoms with Crippen molar-refractivity contribution in [2.75, 3.05) is 5.75 Å². The zero-order valence-electron chi connectivity index (χ0n) is 8.50. The molecule has 0 aliphatic carbocycles. The molecule has 0 bridgehead atoms. The minimum Gasteiger partial charge on any atom is -0.326 e. The Morgan fingerprint density at radius 2 is 2.09 bits per heavy atom. The standard InChI is InChI=1S/C9H13NS/c1-2-11-9-5-3-8(7-10)4-6-9/h3-6H,2,7,10H2,1H3/i7D2. The molecule has 2 heteroatoms. The molecule has 11 heavy (non-hydrogen) atoms. The van der Waals surface area contributed by atoms with Crippen LogP contribution in [0.2, 0.25) is 0 Å². The first-order chi connectivity index (χ1) is 6.04. The monoisotopic (exact) mass is 169 g/mol. The van der Waals surface area contributed by atoms with Gasteiger partial charge in [-0.3, -0.25) is 0 Å². The van der Waals surface area contributed by atoms with Crippen molar-refractivity contribution >= 4 is 11.8 Å². The van der Waals surface area contributed by atoms with Crippen LogP contribution in [-0.2, 0) is 6.50 Å². The third-order valence-electron chi connectivity index (χ3n) is 1.33. The minimum atomic E-state index is -1.73. The van der Waals surface area contributed by atoms with Crippen LogP contribution in [0.25, 0.3) is 0 Å². The Bertz CT molecular complexity index is 266. The largest absolute Gasteiger partial charge is 0.326 e. The van der Waals surface area contributed by atoms with Crippen molar-refractivity contribution in [1.82, 2.24) is 0 Å². The molecule has 0 unspecified atom stereocenters. The van der Waals surface area contributed by atoms with Gasteiger partial charge in [-0.25, -0.2) is 0 Å². The van der Waals surface area contributed by atoms with E-state index in [2.05, 4.69) is 6.92 Å². The second-order valence-corrected chi connectivity index (χ2v) is 3.44. The second-order valence-electron chi connectivity index (χ2n) is 2.10. The topological polar surface area (TPSA) is 26.0 Å². The first-order valence-corrected chi connectivity index (χ1v) is 4.55. The molecule has 1 aromatic carbocycles. The Balaban J connectivity index is 2.81. The van der Waals surface area contributed by atoms with Crippen LogP contribution in [0.1, 0.15) is 15.2 Å². The summed E-state index contributed by atoms with van der Waals surface area (Å²) in [4.78, 5) is 1.15. The van der Waals surface area contributed by atoms with Crippen molar-refractivity contribution in [2.45, 2.75) is 18.3 Å². The summed E-state index contributed by atoms with van der Waals surface area (Å²) >= 11 is 1.73. The van der Waals surface area contributed by atoms with E-state index < -0.39 is 6.50 Å². The fraction of sp³-hybridized carbons (Fsp3) is 0.333. The van der Waals surface area contributed by atoms with Crippen molar-refractivity contribution in [2.24, 2.45) is 5.73 Å². The van der Waals surface area contributed by atoms with Crippen molar-refractivity contribution in [1.29, 1.82) is 0 Å². The lowest BCUT2D eigenvalue weighted by molar-refractivity contribution is 1.07. The Hall–Kier alpha value is -0.470. The van der Waals surface area contributed by atoms with Crippen LogP contribution < -0.4 is 5.73 Å². The Kier molecular flexibility index (Phi) is 2.45. The summed E-state index contributed by atoms with van der Waals surface area (Å²) in [6, 6.07) is 7.26. The van der Waals surface area contributed by atoms with Gasteiger partial charge in [-0.05, 0) is 23.4 Å². The van der Waals surface area contributed by atoms with E-state index in [0.717, 1.165) is 10.6 Å².